The molecule has 2 aromatic carbocycles. The van der Waals surface area contributed by atoms with Crippen molar-refractivity contribution in [3.63, 3.8) is 0 Å². The van der Waals surface area contributed by atoms with E-state index in [4.69, 9.17) is 16.6 Å². The Kier molecular flexibility index (Phi) is 6.42. The van der Waals surface area contributed by atoms with E-state index in [-0.39, 0.29) is 25.1 Å². The van der Waals surface area contributed by atoms with Crippen molar-refractivity contribution in [1.82, 2.24) is 4.98 Å². The van der Waals surface area contributed by atoms with Crippen molar-refractivity contribution in [2.75, 3.05) is 23.4 Å². The smallest absolute Gasteiger partial charge is 0.129 e. The Morgan fingerprint density at radius 1 is 1.15 bits per heavy atom. The number of aromatic nitrogens is 1. The van der Waals surface area contributed by atoms with Crippen LogP contribution in [0.4, 0.5) is 11.5 Å². The third-order valence-electron chi connectivity index (χ3n) is 4.98. The highest BCUT2D eigenvalue weighted by atomic mass is 35.5. The maximum absolute atomic E-state index is 9.73. The van der Waals surface area contributed by atoms with E-state index in [1.807, 2.05) is 42.5 Å². The quantitative estimate of drug-likeness (QED) is 0.636. The van der Waals surface area contributed by atoms with Gasteiger partial charge < -0.3 is 15.3 Å². The molecular formula is C21H23Cl2N3O. The Labute approximate surface area is 170 Å². The van der Waals surface area contributed by atoms with Crippen LogP contribution in [0.15, 0.2) is 54.6 Å². The molecule has 3 aromatic rings. The molecule has 0 radical (unpaired) electrons. The summed E-state index contributed by atoms with van der Waals surface area (Å²) in [4.78, 5) is 7.08. The van der Waals surface area contributed by atoms with Gasteiger partial charge in [0.1, 0.15) is 5.82 Å². The summed E-state index contributed by atoms with van der Waals surface area (Å²) < 4.78 is 0. The van der Waals surface area contributed by atoms with E-state index in [9.17, 15) is 5.11 Å². The molecule has 1 fully saturated rings. The second-order valence-electron chi connectivity index (χ2n) is 6.70. The molecule has 142 valence electrons. The van der Waals surface area contributed by atoms with Crippen molar-refractivity contribution in [2.45, 2.75) is 25.4 Å². The summed E-state index contributed by atoms with van der Waals surface area (Å²) in [5, 5.41) is 15.0. The molecule has 1 aliphatic heterocycles. The van der Waals surface area contributed by atoms with E-state index in [1.165, 1.54) is 0 Å². The fourth-order valence-corrected chi connectivity index (χ4v) is 3.75. The average Bonchev–Trinajstić information content (AvgIpc) is 3.15. The molecule has 1 saturated heterocycles. The van der Waals surface area contributed by atoms with Crippen LogP contribution in [0.25, 0.3) is 10.9 Å². The molecular weight excluding hydrogens is 381 g/mol. The van der Waals surface area contributed by atoms with Gasteiger partial charge in [-0.2, -0.15) is 0 Å². The van der Waals surface area contributed by atoms with Crippen molar-refractivity contribution >= 4 is 46.4 Å². The molecule has 2 N–H and O–H groups in total. The lowest BCUT2D eigenvalue weighted by atomic mass is 10.1. The van der Waals surface area contributed by atoms with Crippen LogP contribution in [0, 0.1) is 0 Å². The molecule has 4 rings (SSSR count). The van der Waals surface area contributed by atoms with Gasteiger partial charge in [0.05, 0.1) is 23.9 Å². The number of aliphatic hydroxyl groups excluding tert-OH is 1. The van der Waals surface area contributed by atoms with Crippen molar-refractivity contribution in [3.05, 3.63) is 65.2 Å². The maximum atomic E-state index is 9.73. The summed E-state index contributed by atoms with van der Waals surface area (Å²) >= 11 is 5.96. The number of nitrogens with one attached hydrogen (secondary N) is 1. The van der Waals surface area contributed by atoms with Crippen molar-refractivity contribution in [2.24, 2.45) is 0 Å². The maximum Gasteiger partial charge on any atom is 0.129 e. The monoisotopic (exact) mass is 403 g/mol. The number of benzene rings is 2. The Balaban J connectivity index is 0.00000210. The predicted molar refractivity (Wildman–Crippen MR) is 115 cm³/mol. The van der Waals surface area contributed by atoms with Crippen molar-refractivity contribution in [3.8, 4) is 0 Å². The standard InChI is InChI=1S/C21H22ClN3O.ClH/c22-16-9-7-15(8-10-16)13-23-21-12-20(25-11-3-4-17(25)14-26)18-5-1-2-6-19(18)24-21;/h1-2,5-10,12,17,26H,3-4,11,13-14H2,(H,23,24);1H/t17-;/m0./s1. The number of aliphatic hydroxyl groups is 1. The van der Waals surface area contributed by atoms with Gasteiger partial charge in [0.15, 0.2) is 0 Å². The van der Waals surface area contributed by atoms with Gasteiger partial charge in [-0.05, 0) is 36.6 Å². The molecule has 1 aromatic heterocycles. The Morgan fingerprint density at radius 2 is 1.93 bits per heavy atom. The Hall–Kier alpha value is -2.01. The molecule has 0 unspecified atom stereocenters. The van der Waals surface area contributed by atoms with Crippen LogP contribution in [-0.2, 0) is 6.54 Å². The largest absolute Gasteiger partial charge is 0.394 e. The molecule has 2 heterocycles. The highest BCUT2D eigenvalue weighted by Crippen LogP contribution is 2.33. The zero-order valence-electron chi connectivity index (χ0n) is 14.9. The van der Waals surface area contributed by atoms with Gasteiger partial charge in [-0.1, -0.05) is 41.9 Å². The van der Waals surface area contributed by atoms with Gasteiger partial charge in [0.25, 0.3) is 0 Å². The van der Waals surface area contributed by atoms with E-state index in [0.29, 0.717) is 6.54 Å². The van der Waals surface area contributed by atoms with Crippen LogP contribution in [0.3, 0.4) is 0 Å². The predicted octanol–water partition coefficient (Wildman–Crippen LogP) is 4.88. The summed E-state index contributed by atoms with van der Waals surface area (Å²) in [7, 11) is 0. The minimum Gasteiger partial charge on any atom is -0.394 e. The summed E-state index contributed by atoms with van der Waals surface area (Å²) in [5.74, 6) is 0.845. The van der Waals surface area contributed by atoms with E-state index < -0.39 is 0 Å². The molecule has 1 aliphatic rings. The average molecular weight is 404 g/mol. The van der Waals surface area contributed by atoms with E-state index in [2.05, 4.69) is 22.3 Å². The molecule has 0 bridgehead atoms. The zero-order chi connectivity index (χ0) is 17.9. The van der Waals surface area contributed by atoms with Crippen LogP contribution in [0.2, 0.25) is 5.02 Å². The molecule has 27 heavy (non-hydrogen) atoms. The van der Waals surface area contributed by atoms with E-state index >= 15 is 0 Å². The third-order valence-corrected chi connectivity index (χ3v) is 5.23. The van der Waals surface area contributed by atoms with Crippen LogP contribution in [-0.4, -0.2) is 29.3 Å². The number of halogens is 2. The molecule has 0 amide bonds. The minimum absolute atomic E-state index is 0. The molecule has 6 heteroatoms. The normalized spacial score (nSPS) is 16.4. The summed E-state index contributed by atoms with van der Waals surface area (Å²) in [5.41, 5.74) is 3.26. The van der Waals surface area contributed by atoms with Crippen LogP contribution < -0.4 is 10.2 Å². The Bertz CT molecular complexity index is 902. The SMILES string of the molecule is Cl.OC[C@@H]1CCCN1c1cc(NCc2ccc(Cl)cc2)nc2ccccc12. The third kappa shape index (κ3) is 4.29. The lowest BCUT2D eigenvalue weighted by Gasteiger charge is -2.27. The number of pyridine rings is 1. The first-order chi connectivity index (χ1) is 12.7. The van der Waals surface area contributed by atoms with Crippen molar-refractivity contribution in [1.29, 1.82) is 0 Å². The first-order valence-corrected chi connectivity index (χ1v) is 9.38. The number of nitrogens with zero attached hydrogens (tertiary/aromatic N) is 2. The number of para-hydroxylation sites is 1. The van der Waals surface area contributed by atoms with Crippen LogP contribution >= 0.6 is 24.0 Å². The first kappa shape index (κ1) is 19.7. The number of rotatable bonds is 5. The molecule has 0 aliphatic carbocycles. The van der Waals surface area contributed by atoms with Crippen LogP contribution in [0.5, 0.6) is 0 Å². The molecule has 1 atom stereocenters. The fraction of sp³-hybridized carbons (Fsp3) is 0.286. The van der Waals surface area contributed by atoms with Gasteiger partial charge in [-0.15, -0.1) is 12.4 Å². The summed E-state index contributed by atoms with van der Waals surface area (Å²) in [6.45, 7) is 1.84. The molecule has 0 spiro atoms. The topological polar surface area (TPSA) is 48.4 Å². The highest BCUT2D eigenvalue weighted by molar-refractivity contribution is 6.30. The van der Waals surface area contributed by atoms with E-state index in [0.717, 1.165) is 52.4 Å². The fourth-order valence-electron chi connectivity index (χ4n) is 3.62. The first-order valence-electron chi connectivity index (χ1n) is 9.00. The van der Waals surface area contributed by atoms with Crippen LogP contribution in [0.1, 0.15) is 18.4 Å². The number of fused-ring (bicyclic) bond motifs is 1. The number of hydrogen-bond acceptors (Lipinski definition) is 4. The summed E-state index contributed by atoms with van der Waals surface area (Å²) in [6.07, 6.45) is 2.14. The second kappa shape index (κ2) is 8.79. The zero-order valence-corrected chi connectivity index (χ0v) is 16.5. The molecule has 0 saturated carbocycles. The van der Waals surface area contributed by atoms with Gasteiger partial charge >= 0.3 is 0 Å². The Morgan fingerprint density at radius 3 is 2.70 bits per heavy atom. The summed E-state index contributed by atoms with van der Waals surface area (Å²) in [6, 6.07) is 18.3. The number of anilines is 2. The van der Waals surface area contributed by atoms with Crippen molar-refractivity contribution < 1.29 is 5.11 Å². The highest BCUT2D eigenvalue weighted by Gasteiger charge is 2.25. The number of hydrogen-bond donors (Lipinski definition) is 2. The van der Waals surface area contributed by atoms with Gasteiger partial charge in [0, 0.05) is 29.6 Å². The lowest BCUT2D eigenvalue weighted by Crippen LogP contribution is -2.32. The lowest BCUT2D eigenvalue weighted by molar-refractivity contribution is 0.266. The molecule has 4 nitrogen and oxygen atoms in total. The van der Waals surface area contributed by atoms with Gasteiger partial charge in [-0.3, -0.25) is 0 Å². The minimum atomic E-state index is 0. The van der Waals surface area contributed by atoms with Gasteiger partial charge in [0.2, 0.25) is 0 Å². The van der Waals surface area contributed by atoms with Gasteiger partial charge in [-0.25, -0.2) is 4.98 Å². The second-order valence-corrected chi connectivity index (χ2v) is 7.13. The van der Waals surface area contributed by atoms with E-state index in [1.54, 1.807) is 0 Å².